The Labute approximate surface area is 187 Å². The average molecular weight is 454 g/mol. The molecule has 0 atom stereocenters. The lowest BCUT2D eigenvalue weighted by Gasteiger charge is -2.20. The van der Waals surface area contributed by atoms with Gasteiger partial charge in [-0.25, -0.2) is 9.37 Å². The van der Waals surface area contributed by atoms with Crippen LogP contribution in [0.1, 0.15) is 12.0 Å². The number of thiazole rings is 1. The zero-order chi connectivity index (χ0) is 21.6. The van der Waals surface area contributed by atoms with Crippen molar-refractivity contribution in [1.29, 1.82) is 0 Å². The molecule has 158 valence electrons. The lowest BCUT2D eigenvalue weighted by molar-refractivity contribution is -0.118. The summed E-state index contributed by atoms with van der Waals surface area (Å²) < 4.78 is 20.0. The average Bonchev–Trinajstić information content (AvgIpc) is 3.24. The van der Waals surface area contributed by atoms with Crippen molar-refractivity contribution in [3.8, 4) is 5.75 Å². The fourth-order valence-electron chi connectivity index (χ4n) is 3.02. The van der Waals surface area contributed by atoms with Gasteiger partial charge in [0.05, 0.1) is 18.4 Å². The number of benzene rings is 2. The monoisotopic (exact) mass is 453 g/mol. The van der Waals surface area contributed by atoms with Crippen LogP contribution in [0.2, 0.25) is 0 Å². The minimum atomic E-state index is -0.385. The van der Waals surface area contributed by atoms with E-state index in [0.29, 0.717) is 34.1 Å². The van der Waals surface area contributed by atoms with E-state index in [4.69, 9.17) is 4.74 Å². The molecule has 1 amide bonds. The number of thioether (sulfide) groups is 1. The second-order valence-electron chi connectivity index (χ2n) is 6.70. The first-order valence-electron chi connectivity index (χ1n) is 9.65. The van der Waals surface area contributed by atoms with E-state index >= 15 is 0 Å². The van der Waals surface area contributed by atoms with Crippen LogP contribution in [-0.4, -0.2) is 28.7 Å². The minimum Gasteiger partial charge on any atom is -0.497 e. The van der Waals surface area contributed by atoms with Crippen LogP contribution in [0.25, 0.3) is 10.2 Å². The molecule has 0 radical (unpaired) electrons. The van der Waals surface area contributed by atoms with E-state index in [0.717, 1.165) is 16.2 Å². The van der Waals surface area contributed by atoms with Crippen molar-refractivity contribution in [2.45, 2.75) is 17.9 Å². The predicted octanol–water partition coefficient (Wildman–Crippen LogP) is 5.55. The van der Waals surface area contributed by atoms with Crippen LogP contribution in [0, 0.1) is 5.82 Å². The Morgan fingerprint density at radius 1 is 1.16 bits per heavy atom. The molecule has 4 aromatic rings. The SMILES string of the molecule is COc1ccc(SCCC(=O)N(Cc2cccnc2)c2nc3c(F)cccc3s2)cc1. The largest absolute Gasteiger partial charge is 0.497 e. The fourth-order valence-corrected chi connectivity index (χ4v) is 4.86. The van der Waals surface area contributed by atoms with Crippen molar-refractivity contribution < 1.29 is 13.9 Å². The molecule has 0 aliphatic rings. The maximum Gasteiger partial charge on any atom is 0.229 e. The Morgan fingerprint density at radius 2 is 2.00 bits per heavy atom. The topological polar surface area (TPSA) is 55.3 Å². The number of fused-ring (bicyclic) bond motifs is 1. The molecular weight excluding hydrogens is 433 g/mol. The zero-order valence-electron chi connectivity index (χ0n) is 16.8. The fraction of sp³-hybridized carbons (Fsp3) is 0.174. The lowest BCUT2D eigenvalue weighted by Crippen LogP contribution is -2.30. The molecule has 0 fully saturated rings. The van der Waals surface area contributed by atoms with Gasteiger partial charge in [0.15, 0.2) is 5.13 Å². The molecule has 2 aromatic carbocycles. The zero-order valence-corrected chi connectivity index (χ0v) is 18.5. The summed E-state index contributed by atoms with van der Waals surface area (Å²) in [5.41, 5.74) is 1.18. The first-order valence-corrected chi connectivity index (χ1v) is 11.5. The second-order valence-corrected chi connectivity index (χ2v) is 8.88. The van der Waals surface area contributed by atoms with Gasteiger partial charge in [0, 0.05) is 29.5 Å². The minimum absolute atomic E-state index is 0.0654. The summed E-state index contributed by atoms with van der Waals surface area (Å²) in [6, 6.07) is 16.3. The van der Waals surface area contributed by atoms with Crippen molar-refractivity contribution in [3.63, 3.8) is 0 Å². The van der Waals surface area contributed by atoms with Gasteiger partial charge in [0.2, 0.25) is 5.91 Å². The van der Waals surface area contributed by atoms with E-state index in [2.05, 4.69) is 9.97 Å². The number of carbonyl (C=O) groups is 1. The third-order valence-electron chi connectivity index (χ3n) is 4.60. The normalized spacial score (nSPS) is 10.9. The molecule has 0 unspecified atom stereocenters. The first-order chi connectivity index (χ1) is 15.1. The summed E-state index contributed by atoms with van der Waals surface area (Å²) in [5.74, 6) is 0.966. The standard InChI is InChI=1S/C23H20FN3O2S2/c1-29-17-7-9-18(10-8-17)30-13-11-21(28)27(15-16-4-3-12-25-14-16)23-26-22-19(24)5-2-6-20(22)31-23/h2-10,12,14H,11,13,15H2,1H3. The highest BCUT2D eigenvalue weighted by atomic mass is 32.2. The number of pyridine rings is 1. The van der Waals surface area contributed by atoms with Gasteiger partial charge in [-0.1, -0.05) is 23.5 Å². The Kier molecular flexibility index (Phi) is 6.79. The maximum atomic E-state index is 14.2. The number of rotatable bonds is 8. The number of amides is 1. The van der Waals surface area contributed by atoms with Gasteiger partial charge in [-0.05, 0) is 48.0 Å². The highest BCUT2D eigenvalue weighted by Crippen LogP contribution is 2.32. The Hall–Kier alpha value is -2.97. The molecule has 4 rings (SSSR count). The highest BCUT2D eigenvalue weighted by molar-refractivity contribution is 7.99. The molecule has 5 nitrogen and oxygen atoms in total. The quantitative estimate of drug-likeness (QED) is 0.327. The van der Waals surface area contributed by atoms with E-state index < -0.39 is 0 Å². The third kappa shape index (κ3) is 5.21. The maximum absolute atomic E-state index is 14.2. The molecular formula is C23H20FN3O2S2. The molecule has 0 saturated heterocycles. The van der Waals surface area contributed by atoms with Crippen LogP contribution in [0.4, 0.5) is 9.52 Å². The second kappa shape index (κ2) is 9.89. The summed E-state index contributed by atoms with van der Waals surface area (Å²) in [4.78, 5) is 24.4. The number of nitrogens with zero attached hydrogens (tertiary/aromatic N) is 3. The molecule has 0 spiro atoms. The third-order valence-corrected chi connectivity index (χ3v) is 6.66. The molecule has 0 N–H and O–H groups in total. The summed E-state index contributed by atoms with van der Waals surface area (Å²) in [6.07, 6.45) is 3.74. The molecule has 2 heterocycles. The molecule has 0 aliphatic heterocycles. The van der Waals surface area contributed by atoms with Crippen LogP contribution >= 0.6 is 23.1 Å². The summed E-state index contributed by atoms with van der Waals surface area (Å²) >= 11 is 2.92. The summed E-state index contributed by atoms with van der Waals surface area (Å²) in [7, 11) is 1.63. The number of methoxy groups -OCH3 is 1. The molecule has 31 heavy (non-hydrogen) atoms. The van der Waals surface area contributed by atoms with Crippen molar-refractivity contribution in [2.75, 3.05) is 17.8 Å². The van der Waals surface area contributed by atoms with Gasteiger partial charge in [-0.15, -0.1) is 11.8 Å². The van der Waals surface area contributed by atoms with Crippen molar-refractivity contribution >= 4 is 44.4 Å². The van der Waals surface area contributed by atoms with E-state index in [9.17, 15) is 9.18 Å². The molecule has 0 aliphatic carbocycles. The van der Waals surface area contributed by atoms with E-state index in [1.807, 2.05) is 42.5 Å². The molecule has 2 aromatic heterocycles. The van der Waals surface area contributed by atoms with E-state index in [-0.39, 0.29) is 11.7 Å². The number of ether oxygens (including phenoxy) is 1. The van der Waals surface area contributed by atoms with Gasteiger partial charge in [0.1, 0.15) is 17.1 Å². The molecule has 0 saturated carbocycles. The van der Waals surface area contributed by atoms with Gasteiger partial charge in [0.25, 0.3) is 0 Å². The number of hydrogen-bond acceptors (Lipinski definition) is 6. The van der Waals surface area contributed by atoms with Crippen LogP contribution < -0.4 is 9.64 Å². The van der Waals surface area contributed by atoms with Crippen molar-refractivity contribution in [1.82, 2.24) is 9.97 Å². The van der Waals surface area contributed by atoms with E-state index in [1.54, 1.807) is 42.2 Å². The van der Waals surface area contributed by atoms with Crippen molar-refractivity contribution in [3.05, 3.63) is 78.4 Å². The predicted molar refractivity (Wildman–Crippen MR) is 123 cm³/mol. The number of carbonyl (C=O) groups excluding carboxylic acids is 1. The Bertz CT molecular complexity index is 1170. The number of hydrogen-bond donors (Lipinski definition) is 0. The summed E-state index contributed by atoms with van der Waals surface area (Å²) in [5, 5.41) is 0.489. The number of para-hydroxylation sites is 1. The van der Waals surface area contributed by atoms with Crippen LogP contribution in [-0.2, 0) is 11.3 Å². The van der Waals surface area contributed by atoms with Crippen LogP contribution in [0.5, 0.6) is 5.75 Å². The molecule has 8 heteroatoms. The smallest absolute Gasteiger partial charge is 0.229 e. The number of aromatic nitrogens is 2. The van der Waals surface area contributed by atoms with Gasteiger partial charge >= 0.3 is 0 Å². The lowest BCUT2D eigenvalue weighted by atomic mass is 10.2. The van der Waals surface area contributed by atoms with Crippen LogP contribution in [0.3, 0.4) is 0 Å². The van der Waals surface area contributed by atoms with Crippen molar-refractivity contribution in [2.24, 2.45) is 0 Å². The van der Waals surface area contributed by atoms with Gasteiger partial charge in [-0.2, -0.15) is 0 Å². The highest BCUT2D eigenvalue weighted by Gasteiger charge is 2.21. The van der Waals surface area contributed by atoms with Crippen LogP contribution in [0.15, 0.2) is 71.9 Å². The van der Waals surface area contributed by atoms with Gasteiger partial charge < -0.3 is 4.74 Å². The Morgan fingerprint density at radius 3 is 2.71 bits per heavy atom. The van der Waals surface area contributed by atoms with E-state index in [1.165, 1.54) is 17.4 Å². The van der Waals surface area contributed by atoms with Gasteiger partial charge in [-0.3, -0.25) is 14.7 Å². The number of halogens is 1. The first kappa shape index (κ1) is 21.3. The molecule has 0 bridgehead atoms. The Balaban J connectivity index is 1.51. The number of anilines is 1. The summed E-state index contributed by atoms with van der Waals surface area (Å²) in [6.45, 7) is 0.335.